The highest BCUT2D eigenvalue weighted by molar-refractivity contribution is 9.11. The molecule has 3 aromatic carbocycles. The SMILES string of the molecule is CCOC(=O)COc1c(Br)cc(/C=N\NC(=O)c2cc3ccccc3cc2OC)cc1Br. The summed E-state index contributed by atoms with van der Waals surface area (Å²) < 4.78 is 16.9. The molecule has 0 fully saturated rings. The zero-order valence-electron chi connectivity index (χ0n) is 17.4. The van der Waals surface area contributed by atoms with Crippen LogP contribution < -0.4 is 14.9 Å². The van der Waals surface area contributed by atoms with Crippen molar-refractivity contribution in [2.45, 2.75) is 6.92 Å². The molecule has 32 heavy (non-hydrogen) atoms. The standard InChI is InChI=1S/C23H20Br2N2O5/c1-3-31-21(28)13-32-22-18(24)8-14(9-19(22)25)12-26-27-23(29)17-10-15-6-4-5-7-16(15)11-20(17)30-2/h4-12H,3,13H2,1-2H3,(H,27,29)/b26-12-. The Hall–Kier alpha value is -2.91. The summed E-state index contributed by atoms with van der Waals surface area (Å²) in [5.41, 5.74) is 3.60. The van der Waals surface area contributed by atoms with E-state index < -0.39 is 11.9 Å². The number of methoxy groups -OCH3 is 1. The van der Waals surface area contributed by atoms with Crippen LogP contribution in [-0.2, 0) is 9.53 Å². The molecule has 0 heterocycles. The number of nitrogens with one attached hydrogen (secondary N) is 1. The topological polar surface area (TPSA) is 86.2 Å². The first kappa shape index (κ1) is 23.7. The average molecular weight is 564 g/mol. The summed E-state index contributed by atoms with van der Waals surface area (Å²) in [5, 5.41) is 5.95. The van der Waals surface area contributed by atoms with Crippen LogP contribution in [0.5, 0.6) is 11.5 Å². The second-order valence-electron chi connectivity index (χ2n) is 6.51. The minimum atomic E-state index is -0.455. The number of fused-ring (bicyclic) bond motifs is 1. The number of hydrogen-bond acceptors (Lipinski definition) is 6. The number of benzene rings is 3. The molecular weight excluding hydrogens is 544 g/mol. The van der Waals surface area contributed by atoms with Crippen molar-refractivity contribution in [3.63, 3.8) is 0 Å². The van der Waals surface area contributed by atoms with Crippen molar-refractivity contribution in [3.8, 4) is 11.5 Å². The van der Waals surface area contributed by atoms with E-state index >= 15 is 0 Å². The summed E-state index contributed by atoms with van der Waals surface area (Å²) in [6.45, 7) is 1.81. The lowest BCUT2D eigenvalue weighted by Gasteiger charge is -2.11. The predicted octanol–water partition coefficient (Wildman–Crippen LogP) is 5.08. The van der Waals surface area contributed by atoms with Crippen LogP contribution in [0.15, 0.2) is 62.6 Å². The molecule has 0 bridgehead atoms. The molecule has 0 radical (unpaired) electrons. The van der Waals surface area contributed by atoms with E-state index in [4.69, 9.17) is 14.2 Å². The molecule has 0 saturated carbocycles. The van der Waals surface area contributed by atoms with Gasteiger partial charge in [-0.2, -0.15) is 5.10 Å². The second kappa shape index (κ2) is 11.1. The first-order valence-electron chi connectivity index (χ1n) is 9.60. The molecule has 3 aromatic rings. The maximum absolute atomic E-state index is 12.7. The van der Waals surface area contributed by atoms with Crippen LogP contribution in [0.3, 0.4) is 0 Å². The van der Waals surface area contributed by atoms with Crippen molar-refractivity contribution in [2.24, 2.45) is 5.10 Å². The van der Waals surface area contributed by atoms with Crippen LogP contribution in [-0.4, -0.2) is 38.4 Å². The van der Waals surface area contributed by atoms with E-state index in [1.54, 1.807) is 25.1 Å². The molecule has 1 N–H and O–H groups in total. The Morgan fingerprint density at radius 1 is 1.06 bits per heavy atom. The first-order valence-corrected chi connectivity index (χ1v) is 11.2. The summed E-state index contributed by atoms with van der Waals surface area (Å²) in [6.07, 6.45) is 1.50. The van der Waals surface area contributed by atoms with Gasteiger partial charge in [0.2, 0.25) is 0 Å². The molecule has 0 aliphatic carbocycles. The molecular formula is C23H20Br2N2O5. The molecule has 166 valence electrons. The van der Waals surface area contributed by atoms with Crippen LogP contribution >= 0.6 is 31.9 Å². The summed E-state index contributed by atoms with van der Waals surface area (Å²) in [5.74, 6) is 0.0743. The largest absolute Gasteiger partial charge is 0.496 e. The number of carbonyl (C=O) groups excluding carboxylic acids is 2. The highest BCUT2D eigenvalue weighted by Crippen LogP contribution is 2.34. The Bertz CT molecular complexity index is 1160. The van der Waals surface area contributed by atoms with Crippen molar-refractivity contribution in [1.82, 2.24) is 5.43 Å². The summed E-state index contributed by atoms with van der Waals surface area (Å²) in [7, 11) is 1.52. The highest BCUT2D eigenvalue weighted by atomic mass is 79.9. The molecule has 0 spiro atoms. The smallest absolute Gasteiger partial charge is 0.344 e. The average Bonchev–Trinajstić information content (AvgIpc) is 2.77. The minimum absolute atomic E-state index is 0.206. The number of ether oxygens (including phenoxy) is 3. The van der Waals surface area contributed by atoms with Crippen molar-refractivity contribution in [3.05, 3.63) is 68.6 Å². The summed E-state index contributed by atoms with van der Waals surface area (Å²) >= 11 is 6.83. The molecule has 0 aliphatic heterocycles. The monoisotopic (exact) mass is 562 g/mol. The van der Waals surface area contributed by atoms with E-state index in [1.807, 2.05) is 30.3 Å². The Balaban J connectivity index is 1.71. The number of hydrogen-bond donors (Lipinski definition) is 1. The Morgan fingerprint density at radius 3 is 2.34 bits per heavy atom. The maximum atomic E-state index is 12.7. The Kier molecular flexibility index (Phi) is 8.24. The number of halogens is 2. The maximum Gasteiger partial charge on any atom is 0.344 e. The van der Waals surface area contributed by atoms with E-state index in [-0.39, 0.29) is 13.2 Å². The third kappa shape index (κ3) is 5.86. The number of esters is 1. The van der Waals surface area contributed by atoms with Gasteiger partial charge in [-0.05, 0) is 79.4 Å². The van der Waals surface area contributed by atoms with Gasteiger partial charge in [-0.3, -0.25) is 4.79 Å². The molecule has 0 unspecified atom stereocenters. The fourth-order valence-electron chi connectivity index (χ4n) is 2.92. The predicted molar refractivity (Wildman–Crippen MR) is 130 cm³/mol. The molecule has 0 atom stereocenters. The van der Waals surface area contributed by atoms with Gasteiger partial charge in [0.1, 0.15) is 11.5 Å². The fraction of sp³-hybridized carbons (Fsp3) is 0.174. The van der Waals surface area contributed by atoms with E-state index in [0.717, 1.165) is 10.8 Å². The Labute approximate surface area is 202 Å². The lowest BCUT2D eigenvalue weighted by molar-refractivity contribution is -0.145. The third-order valence-electron chi connectivity index (χ3n) is 4.35. The zero-order chi connectivity index (χ0) is 23.1. The second-order valence-corrected chi connectivity index (χ2v) is 8.21. The van der Waals surface area contributed by atoms with Gasteiger partial charge < -0.3 is 14.2 Å². The van der Waals surface area contributed by atoms with Gasteiger partial charge in [-0.15, -0.1) is 0 Å². The number of carbonyl (C=O) groups is 2. The van der Waals surface area contributed by atoms with Gasteiger partial charge >= 0.3 is 5.97 Å². The first-order chi connectivity index (χ1) is 15.4. The number of hydrazone groups is 1. The van der Waals surface area contributed by atoms with Crippen LogP contribution in [0.1, 0.15) is 22.8 Å². The highest BCUT2D eigenvalue weighted by Gasteiger charge is 2.14. The molecule has 0 aliphatic rings. The van der Waals surface area contributed by atoms with Crippen molar-refractivity contribution in [1.29, 1.82) is 0 Å². The summed E-state index contributed by atoms with van der Waals surface area (Å²) in [6, 6.07) is 14.8. The number of rotatable bonds is 8. The molecule has 7 nitrogen and oxygen atoms in total. The lowest BCUT2D eigenvalue weighted by atomic mass is 10.1. The van der Waals surface area contributed by atoms with Crippen molar-refractivity contribution >= 4 is 60.7 Å². The van der Waals surface area contributed by atoms with Crippen molar-refractivity contribution in [2.75, 3.05) is 20.3 Å². The van der Waals surface area contributed by atoms with E-state index in [2.05, 4.69) is 42.4 Å². The van der Waals surface area contributed by atoms with E-state index in [9.17, 15) is 9.59 Å². The Morgan fingerprint density at radius 2 is 1.72 bits per heavy atom. The third-order valence-corrected chi connectivity index (χ3v) is 5.53. The van der Waals surface area contributed by atoms with Gasteiger partial charge in [0, 0.05) is 0 Å². The zero-order valence-corrected chi connectivity index (χ0v) is 20.5. The van der Waals surface area contributed by atoms with Gasteiger partial charge in [-0.1, -0.05) is 24.3 Å². The molecule has 0 saturated heterocycles. The van der Waals surface area contributed by atoms with E-state index in [1.165, 1.54) is 13.3 Å². The van der Waals surface area contributed by atoms with Crippen LogP contribution in [0, 0.1) is 0 Å². The number of amides is 1. The van der Waals surface area contributed by atoms with Gasteiger partial charge in [0.25, 0.3) is 5.91 Å². The van der Waals surface area contributed by atoms with Gasteiger partial charge in [0.15, 0.2) is 6.61 Å². The van der Waals surface area contributed by atoms with E-state index in [0.29, 0.717) is 31.6 Å². The quantitative estimate of drug-likeness (QED) is 0.235. The van der Waals surface area contributed by atoms with Gasteiger partial charge in [0.05, 0.1) is 34.4 Å². The molecule has 0 aromatic heterocycles. The van der Waals surface area contributed by atoms with Crippen molar-refractivity contribution < 1.29 is 23.8 Å². The van der Waals surface area contributed by atoms with Crippen LogP contribution in [0.25, 0.3) is 10.8 Å². The molecule has 3 rings (SSSR count). The van der Waals surface area contributed by atoms with Crippen LogP contribution in [0.2, 0.25) is 0 Å². The lowest BCUT2D eigenvalue weighted by Crippen LogP contribution is -2.18. The summed E-state index contributed by atoms with van der Waals surface area (Å²) in [4.78, 5) is 24.2. The molecule has 1 amide bonds. The fourth-order valence-corrected chi connectivity index (χ4v) is 4.37. The molecule has 9 heteroatoms. The number of nitrogens with zero attached hydrogens (tertiary/aromatic N) is 1. The normalized spacial score (nSPS) is 10.9. The van der Waals surface area contributed by atoms with Gasteiger partial charge in [-0.25, -0.2) is 10.2 Å². The van der Waals surface area contributed by atoms with Crippen LogP contribution in [0.4, 0.5) is 0 Å². The minimum Gasteiger partial charge on any atom is -0.496 e.